The van der Waals surface area contributed by atoms with Crippen molar-refractivity contribution in [3.05, 3.63) is 70.4 Å². The fourth-order valence-corrected chi connectivity index (χ4v) is 4.14. The lowest BCUT2D eigenvalue weighted by Gasteiger charge is -2.12. The third-order valence-electron chi connectivity index (χ3n) is 4.44. The zero-order valence-corrected chi connectivity index (χ0v) is 16.6. The fourth-order valence-electron chi connectivity index (χ4n) is 3.03. The smallest absolute Gasteiger partial charge is 0.348 e. The number of rotatable bonds is 7. The van der Waals surface area contributed by atoms with Crippen LogP contribution < -0.4 is 0 Å². The summed E-state index contributed by atoms with van der Waals surface area (Å²) in [5.41, 5.74) is 1.40. The highest BCUT2D eigenvalue weighted by Crippen LogP contribution is 2.34. The largest absolute Gasteiger partial charge is 0.462 e. The van der Waals surface area contributed by atoms with Crippen molar-refractivity contribution in [1.82, 2.24) is 0 Å². The van der Waals surface area contributed by atoms with Crippen LogP contribution in [0.5, 0.6) is 0 Å². The maximum absolute atomic E-state index is 14.4. The van der Waals surface area contributed by atoms with Crippen LogP contribution in [-0.4, -0.2) is 18.5 Å². The number of fused-ring (bicyclic) bond motifs is 1. The van der Waals surface area contributed by atoms with E-state index < -0.39 is 17.8 Å². The summed E-state index contributed by atoms with van der Waals surface area (Å²) in [7, 11) is 0. The lowest BCUT2D eigenvalue weighted by molar-refractivity contribution is -0.145. The minimum atomic E-state index is -0.535. The Hall–Kier alpha value is -2.73. The van der Waals surface area contributed by atoms with Gasteiger partial charge in [0.15, 0.2) is 0 Å². The van der Waals surface area contributed by atoms with Gasteiger partial charge in [0.1, 0.15) is 17.3 Å². The molecule has 3 rings (SSSR count). The SMILES string of the molecule is CCOC(=O)c1sc2cccc(F)c2c1COC(=O)C[C@@H](C)c1ccccc1. The second-order valence-electron chi connectivity index (χ2n) is 6.42. The van der Waals surface area contributed by atoms with E-state index in [0.29, 0.717) is 15.6 Å². The van der Waals surface area contributed by atoms with Crippen molar-refractivity contribution < 1.29 is 23.5 Å². The predicted molar refractivity (Wildman–Crippen MR) is 107 cm³/mol. The molecule has 0 bridgehead atoms. The molecule has 1 heterocycles. The standard InChI is InChI=1S/C22H21FO4S/c1-3-26-22(25)21-16(20-17(23)10-7-11-18(20)28-21)13-27-19(24)12-14(2)15-8-5-4-6-9-15/h4-11,14H,3,12-13H2,1-2H3/t14-/m1/s1. The topological polar surface area (TPSA) is 52.6 Å². The van der Waals surface area contributed by atoms with Gasteiger partial charge in [-0.05, 0) is 30.5 Å². The van der Waals surface area contributed by atoms with E-state index in [-0.39, 0.29) is 30.4 Å². The molecule has 0 amide bonds. The first-order valence-corrected chi connectivity index (χ1v) is 9.90. The van der Waals surface area contributed by atoms with Gasteiger partial charge in [-0.2, -0.15) is 0 Å². The number of hydrogen-bond acceptors (Lipinski definition) is 5. The molecule has 0 aliphatic rings. The van der Waals surface area contributed by atoms with Crippen molar-refractivity contribution in [3.63, 3.8) is 0 Å². The molecule has 3 aromatic rings. The van der Waals surface area contributed by atoms with Crippen LogP contribution in [0.3, 0.4) is 0 Å². The van der Waals surface area contributed by atoms with Crippen LogP contribution in [0.25, 0.3) is 10.1 Å². The lowest BCUT2D eigenvalue weighted by Crippen LogP contribution is -2.11. The van der Waals surface area contributed by atoms with Gasteiger partial charge in [0.2, 0.25) is 0 Å². The average Bonchev–Trinajstić information content (AvgIpc) is 3.07. The van der Waals surface area contributed by atoms with Crippen LogP contribution >= 0.6 is 11.3 Å². The van der Waals surface area contributed by atoms with Crippen molar-refractivity contribution >= 4 is 33.4 Å². The van der Waals surface area contributed by atoms with Crippen LogP contribution in [0, 0.1) is 5.82 Å². The van der Waals surface area contributed by atoms with E-state index in [2.05, 4.69) is 0 Å². The van der Waals surface area contributed by atoms with Crippen molar-refractivity contribution in [2.45, 2.75) is 32.8 Å². The Morgan fingerprint density at radius 3 is 2.54 bits per heavy atom. The van der Waals surface area contributed by atoms with E-state index in [1.54, 1.807) is 19.1 Å². The van der Waals surface area contributed by atoms with Gasteiger partial charge in [-0.1, -0.05) is 43.3 Å². The zero-order chi connectivity index (χ0) is 20.1. The van der Waals surface area contributed by atoms with Crippen molar-refractivity contribution in [2.24, 2.45) is 0 Å². The Morgan fingerprint density at radius 2 is 1.82 bits per heavy atom. The van der Waals surface area contributed by atoms with E-state index >= 15 is 0 Å². The number of thiophene rings is 1. The van der Waals surface area contributed by atoms with E-state index in [0.717, 1.165) is 16.9 Å². The molecule has 0 unspecified atom stereocenters. The minimum absolute atomic E-state index is 0.00539. The molecule has 146 valence electrons. The van der Waals surface area contributed by atoms with Crippen LogP contribution in [0.2, 0.25) is 0 Å². The molecule has 0 aliphatic carbocycles. The highest BCUT2D eigenvalue weighted by atomic mass is 32.1. The molecule has 0 radical (unpaired) electrons. The average molecular weight is 400 g/mol. The van der Waals surface area contributed by atoms with Gasteiger partial charge in [-0.15, -0.1) is 11.3 Å². The second kappa shape index (κ2) is 8.97. The van der Waals surface area contributed by atoms with Crippen LogP contribution in [0.1, 0.15) is 47.0 Å². The molecular weight excluding hydrogens is 379 g/mol. The van der Waals surface area contributed by atoms with Gasteiger partial charge in [0, 0.05) is 15.6 Å². The molecule has 4 nitrogen and oxygen atoms in total. The van der Waals surface area contributed by atoms with Crippen molar-refractivity contribution in [3.8, 4) is 0 Å². The molecule has 1 aromatic heterocycles. The molecule has 0 aliphatic heterocycles. The molecule has 0 N–H and O–H groups in total. The van der Waals surface area contributed by atoms with Crippen LogP contribution in [-0.2, 0) is 20.9 Å². The summed E-state index contributed by atoms with van der Waals surface area (Å²) in [6.07, 6.45) is 0.198. The normalized spacial score (nSPS) is 12.0. The minimum Gasteiger partial charge on any atom is -0.462 e. The van der Waals surface area contributed by atoms with Crippen molar-refractivity contribution in [1.29, 1.82) is 0 Å². The first kappa shape index (κ1) is 20.0. The molecule has 6 heteroatoms. The Balaban J connectivity index is 1.78. The van der Waals surface area contributed by atoms with Gasteiger partial charge in [-0.25, -0.2) is 9.18 Å². The number of esters is 2. The van der Waals surface area contributed by atoms with E-state index in [1.165, 1.54) is 6.07 Å². The second-order valence-corrected chi connectivity index (χ2v) is 7.47. The third-order valence-corrected chi connectivity index (χ3v) is 5.62. The maximum Gasteiger partial charge on any atom is 0.348 e. The summed E-state index contributed by atoms with van der Waals surface area (Å²) >= 11 is 1.14. The van der Waals surface area contributed by atoms with Crippen molar-refractivity contribution in [2.75, 3.05) is 6.61 Å². The maximum atomic E-state index is 14.4. The summed E-state index contributed by atoms with van der Waals surface area (Å²) in [5.74, 6) is -1.39. The number of carbonyl (C=O) groups excluding carboxylic acids is 2. The summed E-state index contributed by atoms with van der Waals surface area (Å²) < 4.78 is 25.5. The van der Waals surface area contributed by atoms with Gasteiger partial charge >= 0.3 is 11.9 Å². The number of halogens is 1. The zero-order valence-electron chi connectivity index (χ0n) is 15.7. The third kappa shape index (κ3) is 4.39. The van der Waals surface area contributed by atoms with E-state index in [1.807, 2.05) is 37.3 Å². The summed E-state index contributed by atoms with van der Waals surface area (Å²) in [6, 6.07) is 14.3. The predicted octanol–water partition coefficient (Wildman–Crippen LogP) is 5.45. The van der Waals surface area contributed by atoms with Gasteiger partial charge in [0.05, 0.1) is 13.0 Å². The molecule has 0 spiro atoms. The highest BCUT2D eigenvalue weighted by Gasteiger charge is 2.23. The Kier molecular flexibility index (Phi) is 6.41. The summed E-state index contributed by atoms with van der Waals surface area (Å²) in [5, 5.41) is 0.305. The Bertz CT molecular complexity index is 981. The molecule has 0 saturated carbocycles. The van der Waals surface area contributed by atoms with E-state index in [9.17, 15) is 14.0 Å². The Labute approximate surface area is 166 Å². The van der Waals surface area contributed by atoms with Gasteiger partial charge in [0.25, 0.3) is 0 Å². The number of carbonyl (C=O) groups is 2. The summed E-state index contributed by atoms with van der Waals surface area (Å²) in [4.78, 5) is 24.9. The van der Waals surface area contributed by atoms with E-state index in [4.69, 9.17) is 9.47 Å². The van der Waals surface area contributed by atoms with Gasteiger partial charge in [-0.3, -0.25) is 4.79 Å². The summed E-state index contributed by atoms with van der Waals surface area (Å²) in [6.45, 7) is 3.69. The quantitative estimate of drug-likeness (QED) is 0.495. The fraction of sp³-hybridized carbons (Fsp3) is 0.273. The number of hydrogen-bond donors (Lipinski definition) is 0. The molecule has 1 atom stereocenters. The van der Waals surface area contributed by atoms with Gasteiger partial charge < -0.3 is 9.47 Å². The lowest BCUT2D eigenvalue weighted by atomic mass is 9.98. The monoisotopic (exact) mass is 400 g/mol. The molecular formula is C22H21FO4S. The molecule has 0 fully saturated rings. The first-order valence-electron chi connectivity index (χ1n) is 9.08. The molecule has 0 saturated heterocycles. The molecule has 28 heavy (non-hydrogen) atoms. The number of benzene rings is 2. The first-order chi connectivity index (χ1) is 13.5. The Morgan fingerprint density at radius 1 is 1.07 bits per heavy atom. The highest BCUT2D eigenvalue weighted by molar-refractivity contribution is 7.21. The van der Waals surface area contributed by atoms with Crippen LogP contribution in [0.15, 0.2) is 48.5 Å². The molecule has 2 aromatic carbocycles. The number of ether oxygens (including phenoxy) is 2. The van der Waals surface area contributed by atoms with Crippen LogP contribution in [0.4, 0.5) is 4.39 Å².